The molecule has 3 rings (SSSR count). The van der Waals surface area contributed by atoms with E-state index in [0.717, 1.165) is 10.4 Å². The van der Waals surface area contributed by atoms with Crippen molar-refractivity contribution < 1.29 is 13.2 Å². The van der Waals surface area contributed by atoms with Gasteiger partial charge < -0.3 is 11.1 Å². The summed E-state index contributed by atoms with van der Waals surface area (Å²) < 4.78 is 29.6. The highest BCUT2D eigenvalue weighted by Gasteiger charge is 2.22. The molecule has 0 saturated carbocycles. The molecule has 0 aliphatic heterocycles. The molecule has 1 atom stereocenters. The van der Waals surface area contributed by atoms with E-state index in [4.69, 9.17) is 17.3 Å². The van der Waals surface area contributed by atoms with Gasteiger partial charge in [-0.15, -0.1) is 0 Å². The molecule has 1 amide bonds. The van der Waals surface area contributed by atoms with Gasteiger partial charge in [-0.05, 0) is 43.2 Å². The van der Waals surface area contributed by atoms with Crippen molar-refractivity contribution >= 4 is 33.2 Å². The summed E-state index contributed by atoms with van der Waals surface area (Å²) in [6.45, 7) is 3.41. The second kappa shape index (κ2) is 11.5. The number of nitrogens with one attached hydrogen (secondary N) is 2. The highest BCUT2D eigenvalue weighted by Crippen LogP contribution is 2.22. The predicted octanol–water partition coefficient (Wildman–Crippen LogP) is 2.03. The van der Waals surface area contributed by atoms with Crippen LogP contribution in [0.4, 0.5) is 5.69 Å². The van der Waals surface area contributed by atoms with Crippen LogP contribution in [0.2, 0.25) is 5.02 Å². The number of sulfonamides is 1. The molecule has 3 aromatic rings. The van der Waals surface area contributed by atoms with Crippen LogP contribution in [0.1, 0.15) is 36.7 Å². The van der Waals surface area contributed by atoms with Crippen molar-refractivity contribution in [1.29, 1.82) is 0 Å². The van der Waals surface area contributed by atoms with E-state index in [0.29, 0.717) is 18.4 Å². The first-order chi connectivity index (χ1) is 16.7. The van der Waals surface area contributed by atoms with E-state index in [1.54, 1.807) is 24.4 Å². The number of carbonyl (C=O) groups excluding carboxylic acids is 1. The summed E-state index contributed by atoms with van der Waals surface area (Å²) in [7, 11) is -3.85. The predicted molar refractivity (Wildman–Crippen MR) is 134 cm³/mol. The van der Waals surface area contributed by atoms with Crippen LogP contribution in [-0.4, -0.2) is 35.6 Å². The van der Waals surface area contributed by atoms with Crippen molar-refractivity contribution in [3.63, 3.8) is 0 Å². The van der Waals surface area contributed by atoms with Crippen molar-refractivity contribution in [3.05, 3.63) is 81.0 Å². The van der Waals surface area contributed by atoms with Gasteiger partial charge in [0.25, 0.3) is 5.56 Å². The maximum absolute atomic E-state index is 13.0. The first-order valence-electron chi connectivity index (χ1n) is 11.0. The van der Waals surface area contributed by atoms with Gasteiger partial charge >= 0.3 is 0 Å². The molecule has 1 aromatic carbocycles. The van der Waals surface area contributed by atoms with Crippen LogP contribution in [0.25, 0.3) is 0 Å². The highest BCUT2D eigenvalue weighted by atomic mass is 35.5. The van der Waals surface area contributed by atoms with E-state index in [1.165, 1.54) is 19.2 Å². The third kappa shape index (κ3) is 6.31. The number of amides is 1. The lowest BCUT2D eigenvalue weighted by atomic mass is 10.1. The highest BCUT2D eigenvalue weighted by molar-refractivity contribution is 7.89. The van der Waals surface area contributed by atoms with Crippen LogP contribution in [-0.2, 0) is 34.2 Å². The molecule has 0 aliphatic rings. The molecule has 0 spiro atoms. The van der Waals surface area contributed by atoms with Gasteiger partial charge in [-0.1, -0.05) is 30.7 Å². The zero-order valence-corrected chi connectivity index (χ0v) is 20.9. The van der Waals surface area contributed by atoms with E-state index in [9.17, 15) is 18.0 Å². The topological polar surface area (TPSA) is 149 Å². The summed E-state index contributed by atoms with van der Waals surface area (Å²) >= 11 is 5.95. The molecule has 0 bridgehead atoms. The zero-order valence-electron chi connectivity index (χ0n) is 19.4. The molecule has 0 fully saturated rings. The minimum absolute atomic E-state index is 0.0682. The third-order valence-electron chi connectivity index (χ3n) is 5.40. The van der Waals surface area contributed by atoms with Crippen LogP contribution in [0.15, 0.2) is 58.5 Å². The van der Waals surface area contributed by atoms with Gasteiger partial charge in [0, 0.05) is 37.1 Å². The van der Waals surface area contributed by atoms with E-state index in [1.807, 2.05) is 19.1 Å². The Bertz CT molecular complexity index is 1360. The minimum atomic E-state index is -3.85. The molecule has 4 N–H and O–H groups in total. The van der Waals surface area contributed by atoms with Crippen LogP contribution < -0.4 is 21.3 Å². The Kier molecular flexibility index (Phi) is 8.73. The van der Waals surface area contributed by atoms with Crippen LogP contribution in [0.5, 0.6) is 0 Å². The van der Waals surface area contributed by atoms with Gasteiger partial charge in [-0.25, -0.2) is 17.8 Å². The van der Waals surface area contributed by atoms with Crippen molar-refractivity contribution in [2.24, 2.45) is 5.73 Å². The Morgan fingerprint density at radius 3 is 2.69 bits per heavy atom. The van der Waals surface area contributed by atoms with E-state index >= 15 is 0 Å². The number of benzene rings is 1. The Balaban J connectivity index is 1.79. The number of hydrogen-bond donors (Lipinski definition) is 3. The molecule has 12 heteroatoms. The molecule has 0 aliphatic carbocycles. The number of carbonyl (C=O) groups is 1. The lowest BCUT2D eigenvalue weighted by Crippen LogP contribution is -2.35. The van der Waals surface area contributed by atoms with E-state index in [2.05, 4.69) is 20.1 Å². The average molecular weight is 519 g/mol. The first kappa shape index (κ1) is 26.5. The number of rotatable bonds is 10. The molecule has 186 valence electrons. The average Bonchev–Trinajstić information content (AvgIpc) is 2.84. The van der Waals surface area contributed by atoms with E-state index < -0.39 is 27.5 Å². The fourth-order valence-electron chi connectivity index (χ4n) is 3.41. The lowest BCUT2D eigenvalue weighted by Gasteiger charge is -2.17. The molecular weight excluding hydrogens is 492 g/mol. The number of halogens is 1. The quantitative estimate of drug-likeness (QED) is 0.371. The molecule has 2 aromatic heterocycles. The van der Waals surface area contributed by atoms with Gasteiger partial charge in [0.15, 0.2) is 0 Å². The second-order valence-electron chi connectivity index (χ2n) is 7.74. The number of aromatic nitrogens is 3. The largest absolute Gasteiger partial charge is 0.326 e. The Morgan fingerprint density at radius 2 is 2.03 bits per heavy atom. The summed E-state index contributed by atoms with van der Waals surface area (Å²) in [6.07, 6.45) is 3.82. The summed E-state index contributed by atoms with van der Waals surface area (Å²) in [5.74, 6) is -0.555. The number of nitrogens with zero attached hydrogens (tertiary/aromatic N) is 3. The second-order valence-corrected chi connectivity index (χ2v) is 9.88. The summed E-state index contributed by atoms with van der Waals surface area (Å²) in [5.41, 5.74) is 6.80. The van der Waals surface area contributed by atoms with Crippen molar-refractivity contribution in [2.45, 2.75) is 44.2 Å². The SMILES string of the molecule is CCc1ccc(NC(=O)[C@@H](C)n2ncc(Cl)c(CN)c2=O)cc1S(=O)(=O)NCCc1ccccn1. The van der Waals surface area contributed by atoms with Crippen molar-refractivity contribution in [2.75, 3.05) is 11.9 Å². The van der Waals surface area contributed by atoms with Gasteiger partial charge in [-0.3, -0.25) is 14.6 Å². The Hall–Kier alpha value is -3.12. The maximum atomic E-state index is 13.0. The van der Waals surface area contributed by atoms with Gasteiger partial charge in [0.05, 0.1) is 21.7 Å². The normalized spacial score (nSPS) is 12.3. The monoisotopic (exact) mass is 518 g/mol. The summed E-state index contributed by atoms with van der Waals surface area (Å²) in [4.78, 5) is 29.7. The molecule has 10 nitrogen and oxygen atoms in total. The minimum Gasteiger partial charge on any atom is -0.326 e. The first-order valence-corrected chi connectivity index (χ1v) is 12.8. The van der Waals surface area contributed by atoms with Crippen LogP contribution in [0.3, 0.4) is 0 Å². The molecule has 2 heterocycles. The van der Waals surface area contributed by atoms with Gasteiger partial charge in [-0.2, -0.15) is 5.10 Å². The van der Waals surface area contributed by atoms with Gasteiger partial charge in [0.1, 0.15) is 6.04 Å². The van der Waals surface area contributed by atoms with Crippen LogP contribution in [0, 0.1) is 0 Å². The maximum Gasteiger partial charge on any atom is 0.273 e. The van der Waals surface area contributed by atoms with Crippen molar-refractivity contribution in [3.8, 4) is 0 Å². The summed E-state index contributed by atoms with van der Waals surface area (Å²) in [6, 6.07) is 9.11. The fourth-order valence-corrected chi connectivity index (χ4v) is 4.98. The molecule has 0 radical (unpaired) electrons. The lowest BCUT2D eigenvalue weighted by molar-refractivity contribution is -0.119. The number of anilines is 1. The number of aryl methyl sites for hydroxylation is 1. The van der Waals surface area contributed by atoms with Gasteiger partial charge in [0.2, 0.25) is 15.9 Å². The molecule has 0 saturated heterocycles. The molecular formula is C23H27ClN6O4S. The summed E-state index contributed by atoms with van der Waals surface area (Å²) in [5, 5.41) is 6.72. The number of hydrogen-bond acceptors (Lipinski definition) is 7. The molecule has 35 heavy (non-hydrogen) atoms. The zero-order chi connectivity index (χ0) is 25.6. The fraction of sp³-hybridized carbons (Fsp3) is 0.304. The Labute approximate surface area is 208 Å². The third-order valence-corrected chi connectivity index (χ3v) is 7.27. The number of pyridine rings is 1. The number of nitrogens with two attached hydrogens (primary N) is 1. The van der Waals surface area contributed by atoms with Crippen LogP contribution >= 0.6 is 11.6 Å². The smallest absolute Gasteiger partial charge is 0.273 e. The Morgan fingerprint density at radius 1 is 1.26 bits per heavy atom. The standard InChI is InChI=1S/C23H27ClN6O4S/c1-3-16-7-8-18(12-21(16)35(33,34)28-11-9-17-6-4-5-10-26-17)29-22(31)15(2)30-23(32)19(13-25)20(24)14-27-30/h4-8,10,12,14-15,28H,3,9,11,13,25H2,1-2H3,(H,29,31)/t15-/m1/s1. The van der Waals surface area contributed by atoms with E-state index in [-0.39, 0.29) is 34.3 Å². The van der Waals surface area contributed by atoms with Crippen molar-refractivity contribution in [1.82, 2.24) is 19.5 Å². The molecule has 0 unspecified atom stereocenters.